The second-order valence-corrected chi connectivity index (χ2v) is 7.50. The van der Waals surface area contributed by atoms with Crippen LogP contribution in [0.1, 0.15) is 62.1 Å². The van der Waals surface area contributed by atoms with Crippen molar-refractivity contribution in [3.05, 3.63) is 11.3 Å². The number of anilines is 1. The van der Waals surface area contributed by atoms with Gasteiger partial charge < -0.3 is 9.26 Å². The summed E-state index contributed by atoms with van der Waals surface area (Å²) in [7, 11) is 0. The smallest absolute Gasteiger partial charge is 0.234 e. The Morgan fingerprint density at radius 2 is 1.83 bits per heavy atom. The number of ether oxygens (including phenoxy) is 1. The van der Waals surface area contributed by atoms with Crippen LogP contribution in [0.4, 0.5) is 5.88 Å². The van der Waals surface area contributed by atoms with Gasteiger partial charge in [0.05, 0.1) is 5.69 Å². The van der Waals surface area contributed by atoms with E-state index in [0.717, 1.165) is 49.1 Å². The molecule has 1 aliphatic heterocycles. The third-order valence-electron chi connectivity index (χ3n) is 5.70. The van der Waals surface area contributed by atoms with Gasteiger partial charge in [-0.1, -0.05) is 5.16 Å². The molecule has 3 fully saturated rings. The fraction of sp³-hybridized carbons (Fsp3) is 0.778. The van der Waals surface area contributed by atoms with Crippen LogP contribution in [0, 0.1) is 24.7 Å². The molecule has 2 saturated carbocycles. The highest BCUT2D eigenvalue weighted by atomic mass is 16.5. The summed E-state index contributed by atoms with van der Waals surface area (Å²) in [4.78, 5) is 12.4. The molecule has 23 heavy (non-hydrogen) atoms. The van der Waals surface area contributed by atoms with E-state index in [0.29, 0.717) is 24.1 Å². The second-order valence-electron chi connectivity index (χ2n) is 7.50. The molecule has 4 rings (SSSR count). The summed E-state index contributed by atoms with van der Waals surface area (Å²) >= 11 is 0. The van der Waals surface area contributed by atoms with E-state index in [1.54, 1.807) is 0 Å². The Balaban J connectivity index is 1.38. The SMILES string of the molecule is Cc1c(C2CCOCC2)noc1NC(=O)CC(C1CC1)C1CC1. The predicted octanol–water partition coefficient (Wildman–Crippen LogP) is 3.64. The molecule has 1 amide bonds. The molecule has 1 aromatic rings. The number of amides is 1. The number of nitrogens with zero attached hydrogens (tertiary/aromatic N) is 1. The van der Waals surface area contributed by atoms with Crippen molar-refractivity contribution in [3.8, 4) is 0 Å². The zero-order valence-corrected chi connectivity index (χ0v) is 13.8. The Morgan fingerprint density at radius 1 is 1.17 bits per heavy atom. The molecule has 2 aliphatic carbocycles. The first-order chi connectivity index (χ1) is 11.2. The van der Waals surface area contributed by atoms with Crippen molar-refractivity contribution in [1.82, 2.24) is 5.16 Å². The Labute approximate surface area is 137 Å². The lowest BCUT2D eigenvalue weighted by Gasteiger charge is -2.20. The average Bonchev–Trinajstić information content (AvgIpc) is 3.47. The monoisotopic (exact) mass is 318 g/mol. The molecule has 0 atom stereocenters. The minimum atomic E-state index is 0.0894. The number of carbonyl (C=O) groups is 1. The highest BCUT2D eigenvalue weighted by molar-refractivity contribution is 5.90. The van der Waals surface area contributed by atoms with Crippen molar-refractivity contribution in [2.45, 2.75) is 57.8 Å². The Morgan fingerprint density at radius 3 is 2.43 bits per heavy atom. The first kappa shape index (κ1) is 15.2. The van der Waals surface area contributed by atoms with E-state index >= 15 is 0 Å². The van der Waals surface area contributed by atoms with Gasteiger partial charge in [0.1, 0.15) is 0 Å². The van der Waals surface area contributed by atoms with Gasteiger partial charge in [0, 0.05) is 31.1 Å². The molecule has 0 aromatic carbocycles. The second kappa shape index (κ2) is 6.27. The van der Waals surface area contributed by atoms with Crippen LogP contribution in [0.15, 0.2) is 4.52 Å². The molecule has 0 unspecified atom stereocenters. The first-order valence-corrected chi connectivity index (χ1v) is 9.06. The van der Waals surface area contributed by atoms with Crippen molar-refractivity contribution in [1.29, 1.82) is 0 Å². The summed E-state index contributed by atoms with van der Waals surface area (Å²) in [6.45, 7) is 3.56. The Hall–Kier alpha value is -1.36. The molecular formula is C18H26N2O3. The van der Waals surface area contributed by atoms with Crippen molar-refractivity contribution in [2.75, 3.05) is 18.5 Å². The zero-order valence-electron chi connectivity index (χ0n) is 13.8. The van der Waals surface area contributed by atoms with Crippen LogP contribution in [0.2, 0.25) is 0 Å². The molecular weight excluding hydrogens is 292 g/mol. The summed E-state index contributed by atoms with van der Waals surface area (Å²) < 4.78 is 10.8. The molecule has 0 bridgehead atoms. The molecule has 2 heterocycles. The van der Waals surface area contributed by atoms with Gasteiger partial charge in [-0.2, -0.15) is 0 Å². The molecule has 5 heteroatoms. The van der Waals surface area contributed by atoms with E-state index in [2.05, 4.69) is 10.5 Å². The van der Waals surface area contributed by atoms with Gasteiger partial charge in [0.25, 0.3) is 0 Å². The number of hydrogen-bond acceptors (Lipinski definition) is 4. The summed E-state index contributed by atoms with van der Waals surface area (Å²) in [6, 6.07) is 0. The van der Waals surface area contributed by atoms with E-state index in [4.69, 9.17) is 9.26 Å². The van der Waals surface area contributed by atoms with Crippen molar-refractivity contribution in [2.24, 2.45) is 17.8 Å². The molecule has 0 spiro atoms. The third kappa shape index (κ3) is 3.44. The maximum absolute atomic E-state index is 12.4. The maximum Gasteiger partial charge on any atom is 0.234 e. The van der Waals surface area contributed by atoms with Gasteiger partial charge in [-0.15, -0.1) is 0 Å². The molecule has 126 valence electrons. The van der Waals surface area contributed by atoms with Crippen LogP contribution in [-0.4, -0.2) is 24.3 Å². The fourth-order valence-electron chi connectivity index (χ4n) is 3.98. The molecule has 5 nitrogen and oxygen atoms in total. The Kier molecular flexibility index (Phi) is 4.14. The summed E-state index contributed by atoms with van der Waals surface area (Å²) in [5.41, 5.74) is 1.98. The largest absolute Gasteiger partial charge is 0.381 e. The van der Waals surface area contributed by atoms with Crippen molar-refractivity contribution in [3.63, 3.8) is 0 Å². The minimum absolute atomic E-state index is 0.0894. The fourth-order valence-corrected chi connectivity index (χ4v) is 3.98. The maximum atomic E-state index is 12.4. The van der Waals surface area contributed by atoms with Crippen LogP contribution >= 0.6 is 0 Å². The summed E-state index contributed by atoms with van der Waals surface area (Å²) in [6.07, 6.45) is 7.83. The standard InChI is InChI=1S/C18H26N2O3/c1-11-17(14-6-8-22-9-7-14)20-23-18(11)19-16(21)10-15(12-2-3-12)13-4-5-13/h12-15H,2-10H2,1H3,(H,19,21). The topological polar surface area (TPSA) is 64.4 Å². The van der Waals surface area contributed by atoms with Crippen LogP contribution in [0.25, 0.3) is 0 Å². The average molecular weight is 318 g/mol. The van der Waals surface area contributed by atoms with Gasteiger partial charge in [-0.05, 0) is 63.2 Å². The summed E-state index contributed by atoms with van der Waals surface area (Å²) in [5.74, 6) is 3.20. The highest BCUT2D eigenvalue weighted by Crippen LogP contribution is 2.50. The van der Waals surface area contributed by atoms with E-state index < -0.39 is 0 Å². The molecule has 0 radical (unpaired) electrons. The van der Waals surface area contributed by atoms with Gasteiger partial charge in [-0.3, -0.25) is 10.1 Å². The summed E-state index contributed by atoms with van der Waals surface area (Å²) in [5, 5.41) is 7.19. The van der Waals surface area contributed by atoms with E-state index in [1.807, 2.05) is 6.92 Å². The lowest BCUT2D eigenvalue weighted by Crippen LogP contribution is -2.19. The number of aromatic nitrogens is 1. The number of hydrogen-bond donors (Lipinski definition) is 1. The van der Waals surface area contributed by atoms with Gasteiger partial charge in [-0.25, -0.2) is 0 Å². The van der Waals surface area contributed by atoms with Crippen molar-refractivity contribution < 1.29 is 14.1 Å². The molecule has 1 N–H and O–H groups in total. The molecule has 1 aromatic heterocycles. The normalized spacial score (nSPS) is 22.5. The highest BCUT2D eigenvalue weighted by Gasteiger charge is 2.42. The van der Waals surface area contributed by atoms with Crippen LogP contribution in [0.3, 0.4) is 0 Å². The predicted molar refractivity (Wildman–Crippen MR) is 86.2 cm³/mol. The number of nitrogens with one attached hydrogen (secondary N) is 1. The van der Waals surface area contributed by atoms with Crippen molar-refractivity contribution >= 4 is 11.8 Å². The first-order valence-electron chi connectivity index (χ1n) is 9.06. The third-order valence-corrected chi connectivity index (χ3v) is 5.70. The van der Waals surface area contributed by atoms with Gasteiger partial charge in [0.2, 0.25) is 11.8 Å². The van der Waals surface area contributed by atoms with Gasteiger partial charge >= 0.3 is 0 Å². The minimum Gasteiger partial charge on any atom is -0.381 e. The number of rotatable bonds is 6. The van der Waals surface area contributed by atoms with Crippen LogP contribution < -0.4 is 5.32 Å². The lowest BCUT2D eigenvalue weighted by molar-refractivity contribution is -0.117. The van der Waals surface area contributed by atoms with E-state index in [1.165, 1.54) is 25.7 Å². The van der Waals surface area contributed by atoms with Gasteiger partial charge in [0.15, 0.2) is 0 Å². The number of carbonyl (C=O) groups excluding carboxylic acids is 1. The Bertz CT molecular complexity index is 557. The quantitative estimate of drug-likeness (QED) is 0.869. The van der Waals surface area contributed by atoms with Crippen LogP contribution in [-0.2, 0) is 9.53 Å². The van der Waals surface area contributed by atoms with E-state index in [-0.39, 0.29) is 5.91 Å². The molecule has 3 aliphatic rings. The lowest BCUT2D eigenvalue weighted by atomic mass is 9.93. The molecule has 1 saturated heterocycles. The van der Waals surface area contributed by atoms with E-state index in [9.17, 15) is 4.79 Å². The zero-order chi connectivity index (χ0) is 15.8. The van der Waals surface area contributed by atoms with Crippen LogP contribution in [0.5, 0.6) is 0 Å².